The second-order valence-corrected chi connectivity index (χ2v) is 8.15. The van der Waals surface area contributed by atoms with Gasteiger partial charge in [0.25, 0.3) is 0 Å². The predicted octanol–water partition coefficient (Wildman–Crippen LogP) is 6.24. The van der Waals surface area contributed by atoms with Crippen LogP contribution in [-0.2, 0) is 0 Å². The van der Waals surface area contributed by atoms with Crippen LogP contribution in [0.25, 0.3) is 0 Å². The van der Waals surface area contributed by atoms with Crippen molar-refractivity contribution >= 4 is 0 Å². The molecule has 0 spiro atoms. The van der Waals surface area contributed by atoms with Gasteiger partial charge in [-0.1, -0.05) is 103 Å². The number of hydrogen-bond acceptors (Lipinski definition) is 2. The summed E-state index contributed by atoms with van der Waals surface area (Å²) in [6.45, 7) is 0.736. The van der Waals surface area contributed by atoms with Crippen molar-refractivity contribution in [2.24, 2.45) is 11.8 Å². The molecule has 0 atom stereocenters. The van der Waals surface area contributed by atoms with Gasteiger partial charge in [-0.3, -0.25) is 0 Å². The fourth-order valence-electron chi connectivity index (χ4n) is 4.31. The second kappa shape index (κ2) is 16.4. The summed E-state index contributed by atoms with van der Waals surface area (Å²) in [4.78, 5) is 0. The Kier molecular flexibility index (Phi) is 15.0. The van der Waals surface area contributed by atoms with Crippen LogP contribution in [0, 0.1) is 11.8 Å². The summed E-state index contributed by atoms with van der Waals surface area (Å²) in [6.07, 6.45) is 24.4. The van der Waals surface area contributed by atoms with Crippen molar-refractivity contribution in [3.63, 3.8) is 0 Å². The van der Waals surface area contributed by atoms with Crippen LogP contribution in [0.5, 0.6) is 0 Å². The van der Waals surface area contributed by atoms with E-state index in [0.717, 1.165) is 24.7 Å². The van der Waals surface area contributed by atoms with Crippen LogP contribution in [0.15, 0.2) is 0 Å². The van der Waals surface area contributed by atoms with Crippen molar-refractivity contribution in [3.05, 3.63) is 0 Å². The third-order valence-electron chi connectivity index (χ3n) is 6.01. The van der Waals surface area contributed by atoms with E-state index in [1.165, 1.54) is 103 Å². The molecule has 1 fully saturated rings. The van der Waals surface area contributed by atoms with Crippen molar-refractivity contribution < 1.29 is 10.2 Å². The van der Waals surface area contributed by atoms with E-state index < -0.39 is 0 Å². The molecule has 2 nitrogen and oxygen atoms in total. The summed E-state index contributed by atoms with van der Waals surface area (Å²) in [6, 6.07) is 0. The fourth-order valence-corrected chi connectivity index (χ4v) is 4.31. The highest BCUT2D eigenvalue weighted by molar-refractivity contribution is 4.73. The molecule has 0 saturated heterocycles. The first-order valence-electron chi connectivity index (χ1n) is 11.1. The molecule has 0 aromatic carbocycles. The highest BCUT2D eigenvalue weighted by Gasteiger charge is 2.20. The molecule has 0 radical (unpaired) electrons. The number of rotatable bonds is 16. The van der Waals surface area contributed by atoms with Crippen LogP contribution in [0.4, 0.5) is 0 Å². The van der Waals surface area contributed by atoms with E-state index in [1.807, 2.05) is 0 Å². The first kappa shape index (κ1) is 22.0. The van der Waals surface area contributed by atoms with Gasteiger partial charge in [0.15, 0.2) is 0 Å². The number of hydrogen-bond donors (Lipinski definition) is 2. The van der Waals surface area contributed by atoms with E-state index in [9.17, 15) is 0 Å². The van der Waals surface area contributed by atoms with Gasteiger partial charge in [-0.15, -0.1) is 0 Å². The lowest BCUT2D eigenvalue weighted by Gasteiger charge is -2.28. The average molecular weight is 341 g/mol. The Hall–Kier alpha value is -0.0800. The normalized spacial score (nSPS) is 21.2. The summed E-state index contributed by atoms with van der Waals surface area (Å²) < 4.78 is 0. The molecular formula is C22H44O2. The first-order valence-corrected chi connectivity index (χ1v) is 11.1. The SMILES string of the molecule is OCCCCCCCCC1CCC(CCCCCCCCO)CC1. The average Bonchev–Trinajstić information content (AvgIpc) is 2.61. The van der Waals surface area contributed by atoms with Crippen LogP contribution in [0.2, 0.25) is 0 Å². The van der Waals surface area contributed by atoms with Gasteiger partial charge in [0, 0.05) is 13.2 Å². The standard InChI is InChI=1S/C22H44O2/c23-19-11-7-3-1-5-9-13-21-15-17-22(18-16-21)14-10-6-2-4-8-12-20-24/h21-24H,1-20H2. The molecule has 1 rings (SSSR count). The Labute approximate surface area is 151 Å². The van der Waals surface area contributed by atoms with Crippen LogP contribution < -0.4 is 0 Å². The lowest BCUT2D eigenvalue weighted by atomic mass is 9.78. The Balaban J connectivity index is 1.85. The number of unbranched alkanes of at least 4 members (excludes halogenated alkanes) is 10. The maximum absolute atomic E-state index is 8.76. The van der Waals surface area contributed by atoms with Gasteiger partial charge in [0.1, 0.15) is 0 Å². The Morgan fingerprint density at radius 3 is 1.04 bits per heavy atom. The minimum Gasteiger partial charge on any atom is -0.396 e. The van der Waals surface area contributed by atoms with E-state index >= 15 is 0 Å². The molecule has 144 valence electrons. The lowest BCUT2D eigenvalue weighted by Crippen LogP contribution is -2.14. The molecule has 24 heavy (non-hydrogen) atoms. The topological polar surface area (TPSA) is 40.5 Å². The van der Waals surface area contributed by atoms with Gasteiger partial charge in [-0.2, -0.15) is 0 Å². The summed E-state index contributed by atoms with van der Waals surface area (Å²) in [7, 11) is 0. The van der Waals surface area contributed by atoms with Crippen LogP contribution in [0.1, 0.15) is 116 Å². The van der Waals surface area contributed by atoms with Crippen molar-refractivity contribution in [1.29, 1.82) is 0 Å². The zero-order valence-electron chi connectivity index (χ0n) is 16.2. The van der Waals surface area contributed by atoms with Gasteiger partial charge in [-0.05, 0) is 24.7 Å². The molecule has 2 heteroatoms. The highest BCUT2D eigenvalue weighted by atomic mass is 16.3. The van der Waals surface area contributed by atoms with Gasteiger partial charge in [-0.25, -0.2) is 0 Å². The minimum absolute atomic E-state index is 0.368. The minimum atomic E-state index is 0.368. The monoisotopic (exact) mass is 340 g/mol. The predicted molar refractivity (Wildman–Crippen MR) is 104 cm³/mol. The van der Waals surface area contributed by atoms with E-state index in [4.69, 9.17) is 10.2 Å². The van der Waals surface area contributed by atoms with Crippen molar-refractivity contribution in [1.82, 2.24) is 0 Å². The third kappa shape index (κ3) is 12.3. The van der Waals surface area contributed by atoms with Gasteiger partial charge in [0.05, 0.1) is 0 Å². The molecule has 0 aromatic rings. The molecule has 1 saturated carbocycles. The molecule has 1 aliphatic carbocycles. The Bertz CT molecular complexity index is 220. The quantitative estimate of drug-likeness (QED) is 0.326. The molecule has 0 amide bonds. The van der Waals surface area contributed by atoms with Crippen LogP contribution >= 0.6 is 0 Å². The third-order valence-corrected chi connectivity index (χ3v) is 6.01. The summed E-state index contributed by atoms with van der Waals surface area (Å²) in [5.74, 6) is 2.05. The highest BCUT2D eigenvalue weighted by Crippen LogP contribution is 2.34. The fraction of sp³-hybridized carbons (Fsp3) is 1.00. The van der Waals surface area contributed by atoms with Crippen molar-refractivity contribution in [2.75, 3.05) is 13.2 Å². The second-order valence-electron chi connectivity index (χ2n) is 8.15. The molecular weight excluding hydrogens is 296 g/mol. The Morgan fingerprint density at radius 2 is 0.708 bits per heavy atom. The van der Waals surface area contributed by atoms with Gasteiger partial charge in [0.2, 0.25) is 0 Å². The van der Waals surface area contributed by atoms with E-state index in [-0.39, 0.29) is 0 Å². The van der Waals surface area contributed by atoms with E-state index in [1.54, 1.807) is 0 Å². The summed E-state index contributed by atoms with van der Waals surface area (Å²) in [5, 5.41) is 17.5. The first-order chi connectivity index (χ1) is 11.9. The molecule has 1 aliphatic rings. The number of aliphatic hydroxyl groups excluding tert-OH is 2. The maximum Gasteiger partial charge on any atom is 0.0431 e. The maximum atomic E-state index is 8.76. The largest absolute Gasteiger partial charge is 0.396 e. The molecule has 0 bridgehead atoms. The molecule has 2 N–H and O–H groups in total. The molecule has 0 heterocycles. The van der Waals surface area contributed by atoms with Crippen molar-refractivity contribution in [3.8, 4) is 0 Å². The summed E-state index contributed by atoms with van der Waals surface area (Å²) in [5.41, 5.74) is 0. The van der Waals surface area contributed by atoms with Gasteiger partial charge >= 0.3 is 0 Å². The van der Waals surface area contributed by atoms with Crippen LogP contribution in [0.3, 0.4) is 0 Å². The van der Waals surface area contributed by atoms with Crippen LogP contribution in [-0.4, -0.2) is 23.4 Å². The van der Waals surface area contributed by atoms with E-state index in [0.29, 0.717) is 13.2 Å². The molecule has 0 aromatic heterocycles. The van der Waals surface area contributed by atoms with Gasteiger partial charge < -0.3 is 10.2 Å². The smallest absolute Gasteiger partial charge is 0.0431 e. The Morgan fingerprint density at radius 1 is 0.417 bits per heavy atom. The number of aliphatic hydroxyl groups is 2. The zero-order chi connectivity index (χ0) is 17.3. The lowest BCUT2D eigenvalue weighted by molar-refractivity contribution is 0.243. The van der Waals surface area contributed by atoms with Crippen molar-refractivity contribution in [2.45, 2.75) is 116 Å². The molecule has 0 unspecified atom stereocenters. The molecule has 0 aliphatic heterocycles. The summed E-state index contributed by atoms with van der Waals surface area (Å²) >= 11 is 0. The van der Waals surface area contributed by atoms with E-state index in [2.05, 4.69) is 0 Å². The zero-order valence-corrected chi connectivity index (χ0v) is 16.2.